The number of hydrogen-bond acceptors (Lipinski definition) is 4. The molecule has 2 bridgehead atoms. The van der Waals surface area contributed by atoms with Crippen molar-refractivity contribution in [1.82, 2.24) is 4.90 Å². The van der Waals surface area contributed by atoms with Gasteiger partial charge in [0, 0.05) is 6.54 Å². The number of aliphatic carboxylic acids is 1. The average Bonchev–Trinajstić information content (AvgIpc) is 2.70. The van der Waals surface area contributed by atoms with Gasteiger partial charge in [0.25, 0.3) is 0 Å². The lowest BCUT2D eigenvalue weighted by Crippen LogP contribution is -2.50. The van der Waals surface area contributed by atoms with Crippen molar-refractivity contribution in [3.8, 4) is 0 Å². The lowest BCUT2D eigenvalue weighted by Gasteiger charge is -2.42. The lowest BCUT2D eigenvalue weighted by atomic mass is 9.86. The number of piperidine rings is 3. The number of hydrogen-bond donors (Lipinski definition) is 3. The summed E-state index contributed by atoms with van der Waals surface area (Å²) in [6.45, 7) is 3.38. The maximum atomic E-state index is 11.4. The third kappa shape index (κ3) is 3.80. The largest absolute Gasteiger partial charge is 0.479 e. The van der Waals surface area contributed by atoms with Gasteiger partial charge in [-0.15, -0.1) is 0 Å². The van der Waals surface area contributed by atoms with Crippen molar-refractivity contribution in [2.75, 3.05) is 19.6 Å². The zero-order valence-electron chi connectivity index (χ0n) is 14.7. The Morgan fingerprint density at radius 1 is 0.923 bits per heavy atom. The van der Waals surface area contributed by atoms with Gasteiger partial charge in [0.2, 0.25) is 5.60 Å². The molecular formula is C21H25NO4. The van der Waals surface area contributed by atoms with Gasteiger partial charge >= 0.3 is 5.97 Å². The summed E-state index contributed by atoms with van der Waals surface area (Å²) in [6.07, 6.45) is 2.44. The molecule has 0 aliphatic carbocycles. The molecule has 138 valence electrons. The molecule has 0 spiro atoms. The number of aliphatic hydroxyl groups is 2. The summed E-state index contributed by atoms with van der Waals surface area (Å²) >= 11 is 0. The van der Waals surface area contributed by atoms with Crippen molar-refractivity contribution in [2.45, 2.75) is 24.5 Å². The number of carbonyl (C=O) groups is 1. The van der Waals surface area contributed by atoms with Gasteiger partial charge < -0.3 is 20.2 Å². The molecule has 1 atom stereocenters. The zero-order valence-corrected chi connectivity index (χ0v) is 14.7. The Labute approximate surface area is 153 Å². The predicted molar refractivity (Wildman–Crippen MR) is 98.7 cm³/mol. The number of rotatable bonds is 3. The summed E-state index contributed by atoms with van der Waals surface area (Å²) in [5, 5.41) is 29.1. The third-order valence-electron chi connectivity index (χ3n) is 5.31. The molecule has 3 fully saturated rings. The molecule has 0 amide bonds. The number of carboxylic acids is 1. The Kier molecular flexibility index (Phi) is 5.71. The molecule has 3 saturated heterocycles. The van der Waals surface area contributed by atoms with E-state index in [1.807, 2.05) is 0 Å². The maximum absolute atomic E-state index is 11.4. The summed E-state index contributed by atoms with van der Waals surface area (Å²) in [6, 6.07) is 16.7. The van der Waals surface area contributed by atoms with Crippen molar-refractivity contribution >= 4 is 5.97 Å². The fourth-order valence-corrected chi connectivity index (χ4v) is 3.71. The van der Waals surface area contributed by atoms with E-state index in [1.54, 1.807) is 60.7 Å². The van der Waals surface area contributed by atoms with Gasteiger partial charge in [-0.05, 0) is 43.0 Å². The molecule has 5 nitrogen and oxygen atoms in total. The molecule has 3 heterocycles. The molecule has 3 aliphatic rings. The van der Waals surface area contributed by atoms with Crippen LogP contribution in [0, 0.1) is 5.92 Å². The molecule has 5 heteroatoms. The van der Waals surface area contributed by atoms with Crippen molar-refractivity contribution in [3.05, 3.63) is 71.8 Å². The molecule has 2 aromatic rings. The second kappa shape index (κ2) is 7.99. The van der Waals surface area contributed by atoms with Crippen LogP contribution in [0.2, 0.25) is 0 Å². The molecular weight excluding hydrogens is 330 g/mol. The Morgan fingerprint density at radius 3 is 1.65 bits per heavy atom. The lowest BCUT2D eigenvalue weighted by molar-refractivity contribution is -0.155. The molecule has 3 aliphatic heterocycles. The minimum absolute atomic E-state index is 0.00694. The van der Waals surface area contributed by atoms with Gasteiger partial charge in [-0.3, -0.25) is 0 Å². The number of aliphatic hydroxyl groups excluding tert-OH is 1. The monoisotopic (exact) mass is 355 g/mol. The van der Waals surface area contributed by atoms with E-state index in [0.29, 0.717) is 17.0 Å². The van der Waals surface area contributed by atoms with Gasteiger partial charge in [0.1, 0.15) is 0 Å². The highest BCUT2D eigenvalue weighted by atomic mass is 16.4. The minimum Gasteiger partial charge on any atom is -0.479 e. The van der Waals surface area contributed by atoms with Crippen LogP contribution in [0.3, 0.4) is 0 Å². The van der Waals surface area contributed by atoms with E-state index >= 15 is 0 Å². The van der Waals surface area contributed by atoms with Crippen LogP contribution in [-0.4, -0.2) is 51.9 Å². The second-order valence-corrected chi connectivity index (χ2v) is 6.95. The first-order valence-corrected chi connectivity index (χ1v) is 8.99. The van der Waals surface area contributed by atoms with Crippen LogP contribution in [0.4, 0.5) is 0 Å². The predicted octanol–water partition coefficient (Wildman–Crippen LogP) is 2.08. The third-order valence-corrected chi connectivity index (χ3v) is 5.31. The topological polar surface area (TPSA) is 81.0 Å². The highest BCUT2D eigenvalue weighted by Crippen LogP contribution is 2.29. The fourth-order valence-electron chi connectivity index (χ4n) is 3.71. The first-order chi connectivity index (χ1) is 12.5. The Bertz CT molecular complexity index is 672. The van der Waals surface area contributed by atoms with E-state index in [2.05, 4.69) is 4.90 Å². The summed E-state index contributed by atoms with van der Waals surface area (Å²) < 4.78 is 0. The van der Waals surface area contributed by atoms with Crippen molar-refractivity contribution in [1.29, 1.82) is 0 Å². The molecule has 1 unspecified atom stereocenters. The normalized spacial score (nSPS) is 24.5. The average molecular weight is 355 g/mol. The van der Waals surface area contributed by atoms with Gasteiger partial charge in [0.15, 0.2) is 0 Å². The van der Waals surface area contributed by atoms with Crippen LogP contribution >= 0.6 is 0 Å². The maximum Gasteiger partial charge on any atom is 0.345 e. The van der Waals surface area contributed by atoms with Gasteiger partial charge in [0.05, 0.1) is 6.10 Å². The molecule has 0 saturated carbocycles. The number of nitrogens with zero attached hydrogens (tertiary/aromatic N) is 1. The molecule has 0 aromatic heterocycles. The molecule has 5 rings (SSSR count). The quantitative estimate of drug-likeness (QED) is 0.785. The van der Waals surface area contributed by atoms with E-state index in [-0.39, 0.29) is 6.10 Å². The smallest absolute Gasteiger partial charge is 0.345 e. The number of fused-ring (bicyclic) bond motifs is 3. The van der Waals surface area contributed by atoms with Gasteiger partial charge in [-0.25, -0.2) is 4.79 Å². The summed E-state index contributed by atoms with van der Waals surface area (Å²) in [4.78, 5) is 13.7. The van der Waals surface area contributed by atoms with E-state index < -0.39 is 11.6 Å². The van der Waals surface area contributed by atoms with Crippen LogP contribution < -0.4 is 0 Å². The first-order valence-electron chi connectivity index (χ1n) is 8.99. The summed E-state index contributed by atoms with van der Waals surface area (Å²) in [5.74, 6) is -0.648. The van der Waals surface area contributed by atoms with E-state index in [1.165, 1.54) is 25.9 Å². The van der Waals surface area contributed by atoms with E-state index in [0.717, 1.165) is 6.54 Å². The van der Waals surface area contributed by atoms with Gasteiger partial charge in [-0.1, -0.05) is 60.7 Å². The SMILES string of the molecule is O=C(O)C(O)(c1ccccc1)c1ccccc1.OC1CN2CCC1CC2. The molecule has 3 N–H and O–H groups in total. The van der Waals surface area contributed by atoms with Crippen LogP contribution in [-0.2, 0) is 10.4 Å². The van der Waals surface area contributed by atoms with Crippen molar-refractivity contribution < 1.29 is 20.1 Å². The zero-order chi connectivity index (χ0) is 18.6. The second-order valence-electron chi connectivity index (χ2n) is 6.95. The standard InChI is InChI=1S/C14H12O3.C7H13NO/c15-13(16)14(17,11-7-3-1-4-8-11)12-9-5-2-6-10-12;9-7-5-8-3-1-6(7)2-4-8/h1-10,17H,(H,15,16);6-7,9H,1-5H2. The Morgan fingerprint density at radius 2 is 1.38 bits per heavy atom. The highest BCUT2D eigenvalue weighted by molar-refractivity contribution is 5.83. The minimum atomic E-state index is -2.00. The summed E-state index contributed by atoms with van der Waals surface area (Å²) in [5.41, 5.74) is -1.31. The Balaban J connectivity index is 0.000000181. The van der Waals surface area contributed by atoms with Crippen LogP contribution in [0.1, 0.15) is 24.0 Å². The van der Waals surface area contributed by atoms with E-state index in [9.17, 15) is 20.1 Å². The van der Waals surface area contributed by atoms with Crippen LogP contribution in [0.25, 0.3) is 0 Å². The van der Waals surface area contributed by atoms with E-state index in [4.69, 9.17) is 0 Å². The van der Waals surface area contributed by atoms with Crippen LogP contribution in [0.5, 0.6) is 0 Å². The molecule has 26 heavy (non-hydrogen) atoms. The van der Waals surface area contributed by atoms with Gasteiger partial charge in [-0.2, -0.15) is 0 Å². The fraction of sp³-hybridized carbons (Fsp3) is 0.381. The van der Waals surface area contributed by atoms with Crippen molar-refractivity contribution in [3.63, 3.8) is 0 Å². The highest BCUT2D eigenvalue weighted by Gasteiger charge is 2.39. The number of benzene rings is 2. The first kappa shape index (κ1) is 18.6. The summed E-state index contributed by atoms with van der Waals surface area (Å²) in [7, 11) is 0. The Hall–Kier alpha value is -2.21. The van der Waals surface area contributed by atoms with Crippen molar-refractivity contribution in [2.24, 2.45) is 5.92 Å². The number of carboxylic acid groups (broad SMARTS) is 1. The molecule has 0 radical (unpaired) electrons. The van der Waals surface area contributed by atoms with Crippen LogP contribution in [0.15, 0.2) is 60.7 Å². The molecule has 2 aromatic carbocycles.